The van der Waals surface area contributed by atoms with Gasteiger partial charge in [-0.3, -0.25) is 4.79 Å². The molecule has 27 heavy (non-hydrogen) atoms. The normalized spacial score (nSPS) is 13.8. The van der Waals surface area contributed by atoms with Crippen molar-refractivity contribution in [2.45, 2.75) is 0 Å². The molecule has 1 aliphatic rings. The van der Waals surface area contributed by atoms with Crippen LogP contribution >= 0.6 is 0 Å². The molecule has 1 amide bonds. The summed E-state index contributed by atoms with van der Waals surface area (Å²) in [6.45, 7) is 2.87. The summed E-state index contributed by atoms with van der Waals surface area (Å²) in [4.78, 5) is 26.7. The van der Waals surface area contributed by atoms with Crippen molar-refractivity contribution < 1.29 is 23.8 Å². The van der Waals surface area contributed by atoms with Crippen molar-refractivity contribution >= 4 is 23.3 Å². The molecule has 0 aromatic heterocycles. The van der Waals surface area contributed by atoms with E-state index in [1.54, 1.807) is 6.07 Å². The number of hydrogen-bond acceptors (Lipinski definition) is 6. The number of nitrogens with one attached hydrogen (secondary N) is 1. The summed E-state index contributed by atoms with van der Waals surface area (Å²) < 4.78 is 15.3. The van der Waals surface area contributed by atoms with Crippen molar-refractivity contribution in [3.8, 4) is 5.75 Å². The summed E-state index contributed by atoms with van der Waals surface area (Å²) >= 11 is 0. The zero-order valence-corrected chi connectivity index (χ0v) is 15.4. The third-order valence-electron chi connectivity index (χ3n) is 4.37. The molecule has 2 aromatic carbocycles. The Hall–Kier alpha value is -3.06. The number of anilines is 2. The monoisotopic (exact) mass is 370 g/mol. The Balaban J connectivity index is 1.83. The predicted molar refractivity (Wildman–Crippen MR) is 102 cm³/mol. The maximum absolute atomic E-state index is 12.7. The third-order valence-corrected chi connectivity index (χ3v) is 4.37. The van der Waals surface area contributed by atoms with Gasteiger partial charge in [0.05, 0.1) is 38.8 Å². The number of benzene rings is 2. The number of carbonyl (C=O) groups excluding carboxylic acids is 2. The number of methoxy groups -OCH3 is 2. The first kappa shape index (κ1) is 18.7. The number of carbonyl (C=O) groups is 2. The van der Waals surface area contributed by atoms with Crippen LogP contribution in [0.25, 0.3) is 0 Å². The number of esters is 1. The zero-order valence-electron chi connectivity index (χ0n) is 15.4. The highest BCUT2D eigenvalue weighted by atomic mass is 16.5. The number of rotatable bonds is 5. The van der Waals surface area contributed by atoms with E-state index < -0.39 is 5.97 Å². The van der Waals surface area contributed by atoms with Crippen LogP contribution in [0.3, 0.4) is 0 Å². The number of nitrogens with zero attached hydrogens (tertiary/aromatic N) is 1. The minimum Gasteiger partial charge on any atom is -0.496 e. The standard InChI is InChI=1S/C20H22N2O5/c1-25-18-13-14(7-8-15(18)20(24)26-2)19(23)21-16-5-3-4-6-17(16)22-9-11-27-12-10-22/h3-8,13H,9-12H2,1-2H3,(H,21,23). The molecular formula is C20H22N2O5. The molecular weight excluding hydrogens is 348 g/mol. The molecule has 1 aliphatic heterocycles. The fourth-order valence-electron chi connectivity index (χ4n) is 2.96. The fourth-order valence-corrected chi connectivity index (χ4v) is 2.96. The SMILES string of the molecule is COC(=O)c1ccc(C(=O)Nc2ccccc2N2CCOCC2)cc1OC. The van der Waals surface area contributed by atoms with E-state index in [1.807, 2.05) is 24.3 Å². The Labute approximate surface area is 157 Å². The van der Waals surface area contributed by atoms with Gasteiger partial charge in [0.2, 0.25) is 0 Å². The summed E-state index contributed by atoms with van der Waals surface area (Å²) in [7, 11) is 2.74. The van der Waals surface area contributed by atoms with Crippen molar-refractivity contribution in [2.75, 3.05) is 50.7 Å². The number of para-hydroxylation sites is 2. The van der Waals surface area contributed by atoms with Crippen molar-refractivity contribution in [2.24, 2.45) is 0 Å². The predicted octanol–water partition coefficient (Wildman–Crippen LogP) is 2.57. The van der Waals surface area contributed by atoms with E-state index in [0.29, 0.717) is 18.8 Å². The molecule has 0 aliphatic carbocycles. The summed E-state index contributed by atoms with van der Waals surface area (Å²) in [5.41, 5.74) is 2.33. The quantitative estimate of drug-likeness (QED) is 0.815. The van der Waals surface area contributed by atoms with Crippen molar-refractivity contribution in [3.05, 3.63) is 53.6 Å². The van der Waals surface area contributed by atoms with Gasteiger partial charge >= 0.3 is 5.97 Å². The molecule has 0 spiro atoms. The van der Waals surface area contributed by atoms with Crippen LogP contribution in [0.5, 0.6) is 5.75 Å². The Kier molecular flexibility index (Phi) is 5.93. The van der Waals surface area contributed by atoms with Crippen LogP contribution in [0, 0.1) is 0 Å². The number of morpholine rings is 1. The molecule has 0 atom stereocenters. The molecule has 7 heteroatoms. The average Bonchev–Trinajstić information content (AvgIpc) is 2.73. The molecule has 0 bridgehead atoms. The van der Waals surface area contributed by atoms with Crippen LogP contribution in [-0.2, 0) is 9.47 Å². The molecule has 7 nitrogen and oxygen atoms in total. The van der Waals surface area contributed by atoms with E-state index in [1.165, 1.54) is 26.4 Å². The van der Waals surface area contributed by atoms with E-state index in [-0.39, 0.29) is 17.2 Å². The number of amides is 1. The van der Waals surface area contributed by atoms with E-state index in [9.17, 15) is 9.59 Å². The second kappa shape index (κ2) is 8.55. The lowest BCUT2D eigenvalue weighted by Gasteiger charge is -2.30. The Bertz CT molecular complexity index is 831. The minimum atomic E-state index is -0.517. The van der Waals surface area contributed by atoms with Gasteiger partial charge in [-0.2, -0.15) is 0 Å². The lowest BCUT2D eigenvalue weighted by molar-refractivity contribution is 0.0596. The summed E-state index contributed by atoms with van der Waals surface area (Å²) in [6, 6.07) is 12.3. The van der Waals surface area contributed by atoms with Crippen LogP contribution in [0.4, 0.5) is 11.4 Å². The fraction of sp³-hybridized carbons (Fsp3) is 0.300. The lowest BCUT2D eigenvalue weighted by atomic mass is 10.1. The first-order chi connectivity index (χ1) is 13.1. The third kappa shape index (κ3) is 4.20. The minimum absolute atomic E-state index is 0.269. The van der Waals surface area contributed by atoms with Crippen LogP contribution in [0.2, 0.25) is 0 Å². The molecule has 0 radical (unpaired) electrons. The van der Waals surface area contributed by atoms with Gasteiger partial charge in [0, 0.05) is 18.7 Å². The van der Waals surface area contributed by atoms with Gasteiger partial charge in [0.1, 0.15) is 11.3 Å². The highest BCUT2D eigenvalue weighted by molar-refractivity contribution is 6.07. The van der Waals surface area contributed by atoms with Crippen molar-refractivity contribution in [3.63, 3.8) is 0 Å². The number of hydrogen-bond donors (Lipinski definition) is 1. The molecule has 1 N–H and O–H groups in total. The van der Waals surface area contributed by atoms with Crippen molar-refractivity contribution in [1.82, 2.24) is 0 Å². The maximum atomic E-state index is 12.7. The van der Waals surface area contributed by atoms with Gasteiger partial charge < -0.3 is 24.4 Å². The highest BCUT2D eigenvalue weighted by Crippen LogP contribution is 2.28. The van der Waals surface area contributed by atoms with Crippen LogP contribution in [-0.4, -0.2) is 52.4 Å². The van der Waals surface area contributed by atoms with Crippen LogP contribution < -0.4 is 15.0 Å². The van der Waals surface area contributed by atoms with E-state index in [0.717, 1.165) is 24.5 Å². The highest BCUT2D eigenvalue weighted by Gasteiger charge is 2.18. The Morgan fingerprint density at radius 1 is 1.07 bits per heavy atom. The molecule has 2 aromatic rings. The maximum Gasteiger partial charge on any atom is 0.341 e. The molecule has 142 valence electrons. The topological polar surface area (TPSA) is 77.1 Å². The van der Waals surface area contributed by atoms with Crippen LogP contribution in [0.15, 0.2) is 42.5 Å². The first-order valence-electron chi connectivity index (χ1n) is 8.63. The Morgan fingerprint density at radius 3 is 2.52 bits per heavy atom. The van der Waals surface area contributed by atoms with Gasteiger partial charge in [-0.1, -0.05) is 12.1 Å². The summed E-state index contributed by atoms with van der Waals surface area (Å²) in [5.74, 6) is -0.516. The Morgan fingerprint density at radius 2 is 1.81 bits per heavy atom. The average molecular weight is 370 g/mol. The molecule has 0 saturated carbocycles. The molecule has 1 saturated heterocycles. The summed E-state index contributed by atoms with van der Waals surface area (Å²) in [5, 5.41) is 2.94. The second-order valence-corrected chi connectivity index (χ2v) is 5.98. The molecule has 1 heterocycles. The van der Waals surface area contributed by atoms with Gasteiger partial charge in [0.25, 0.3) is 5.91 Å². The van der Waals surface area contributed by atoms with Gasteiger partial charge in [-0.25, -0.2) is 4.79 Å². The molecule has 3 rings (SSSR count). The largest absolute Gasteiger partial charge is 0.496 e. The first-order valence-corrected chi connectivity index (χ1v) is 8.63. The molecule has 0 unspecified atom stereocenters. The zero-order chi connectivity index (χ0) is 19.2. The smallest absolute Gasteiger partial charge is 0.341 e. The van der Waals surface area contributed by atoms with E-state index in [2.05, 4.69) is 10.2 Å². The second-order valence-electron chi connectivity index (χ2n) is 5.98. The van der Waals surface area contributed by atoms with E-state index >= 15 is 0 Å². The van der Waals surface area contributed by atoms with Gasteiger partial charge in [-0.05, 0) is 30.3 Å². The lowest BCUT2D eigenvalue weighted by Crippen LogP contribution is -2.36. The van der Waals surface area contributed by atoms with Gasteiger partial charge in [0.15, 0.2) is 0 Å². The summed E-state index contributed by atoms with van der Waals surface area (Å²) in [6.07, 6.45) is 0. The van der Waals surface area contributed by atoms with Gasteiger partial charge in [-0.15, -0.1) is 0 Å². The van der Waals surface area contributed by atoms with Crippen LogP contribution in [0.1, 0.15) is 20.7 Å². The van der Waals surface area contributed by atoms with Crippen molar-refractivity contribution in [1.29, 1.82) is 0 Å². The molecule has 1 fully saturated rings. The number of ether oxygens (including phenoxy) is 3. The van der Waals surface area contributed by atoms with E-state index in [4.69, 9.17) is 14.2 Å².